The van der Waals surface area contributed by atoms with E-state index in [4.69, 9.17) is 5.26 Å². The largest absolute Gasteiger partial charge is 0.388 e. The number of aromatic nitrogens is 1. The van der Waals surface area contributed by atoms with Gasteiger partial charge in [0.25, 0.3) is 0 Å². The second-order valence-corrected chi connectivity index (χ2v) is 4.58. The quantitative estimate of drug-likeness (QED) is 0.621. The van der Waals surface area contributed by atoms with Crippen molar-refractivity contribution in [2.45, 2.75) is 6.92 Å². The average molecular weight is 236 g/mol. The van der Waals surface area contributed by atoms with Crippen LogP contribution in [0.25, 0.3) is 5.57 Å². The number of nitrogens with one attached hydrogen (secondary N) is 1. The molecular formula is C11H16N4S. The number of nitriles is 1. The number of likely N-dealkylation sites (N-methyl/N-ethyl adjacent to an activating group) is 1. The SMILES string of the molecule is Cc1csc(/C(C#N)=C/NCCN(C)C)n1. The molecule has 0 radical (unpaired) electrons. The second-order valence-electron chi connectivity index (χ2n) is 3.72. The molecule has 0 unspecified atom stereocenters. The summed E-state index contributed by atoms with van der Waals surface area (Å²) in [6.45, 7) is 3.68. The van der Waals surface area contributed by atoms with E-state index in [1.807, 2.05) is 26.4 Å². The Bertz CT molecular complexity index is 400. The fourth-order valence-electron chi connectivity index (χ4n) is 1.08. The van der Waals surface area contributed by atoms with Crippen LogP contribution in [-0.4, -0.2) is 37.1 Å². The van der Waals surface area contributed by atoms with Crippen LogP contribution in [0.2, 0.25) is 0 Å². The Morgan fingerprint density at radius 1 is 1.69 bits per heavy atom. The molecule has 1 rings (SSSR count). The van der Waals surface area contributed by atoms with Crippen molar-refractivity contribution in [2.75, 3.05) is 27.2 Å². The van der Waals surface area contributed by atoms with Gasteiger partial charge in [0.15, 0.2) is 0 Å². The molecule has 0 atom stereocenters. The molecule has 0 aliphatic carbocycles. The number of rotatable bonds is 5. The van der Waals surface area contributed by atoms with Crippen LogP contribution < -0.4 is 5.32 Å². The van der Waals surface area contributed by atoms with E-state index in [-0.39, 0.29) is 0 Å². The van der Waals surface area contributed by atoms with Gasteiger partial charge in [-0.25, -0.2) is 4.98 Å². The molecule has 0 aliphatic rings. The zero-order valence-electron chi connectivity index (χ0n) is 9.82. The van der Waals surface area contributed by atoms with Gasteiger partial charge in [-0.3, -0.25) is 0 Å². The monoisotopic (exact) mass is 236 g/mol. The summed E-state index contributed by atoms with van der Waals surface area (Å²) < 4.78 is 0. The van der Waals surface area contributed by atoms with Crippen molar-refractivity contribution in [3.05, 3.63) is 22.3 Å². The zero-order valence-corrected chi connectivity index (χ0v) is 10.6. The lowest BCUT2D eigenvalue weighted by Gasteiger charge is -2.08. The van der Waals surface area contributed by atoms with Crippen molar-refractivity contribution in [3.63, 3.8) is 0 Å². The van der Waals surface area contributed by atoms with Crippen LogP contribution in [0.4, 0.5) is 0 Å². The van der Waals surface area contributed by atoms with Crippen molar-refractivity contribution < 1.29 is 0 Å². The molecule has 0 aliphatic heterocycles. The fourth-order valence-corrected chi connectivity index (χ4v) is 1.85. The van der Waals surface area contributed by atoms with Gasteiger partial charge in [0.1, 0.15) is 16.6 Å². The number of hydrogen-bond acceptors (Lipinski definition) is 5. The maximum atomic E-state index is 9.00. The predicted octanol–water partition coefficient (Wildman–Crippen LogP) is 1.47. The van der Waals surface area contributed by atoms with Gasteiger partial charge in [0.2, 0.25) is 0 Å². The summed E-state index contributed by atoms with van der Waals surface area (Å²) >= 11 is 1.49. The highest BCUT2D eigenvalue weighted by Gasteiger charge is 2.04. The third kappa shape index (κ3) is 4.01. The normalized spacial score (nSPS) is 11.6. The molecule has 4 nitrogen and oxygen atoms in total. The second kappa shape index (κ2) is 6.26. The summed E-state index contributed by atoms with van der Waals surface area (Å²) in [7, 11) is 4.03. The first-order valence-electron chi connectivity index (χ1n) is 5.04. The van der Waals surface area contributed by atoms with E-state index in [2.05, 4.69) is 21.3 Å². The van der Waals surface area contributed by atoms with Crippen LogP contribution in [0.3, 0.4) is 0 Å². The first-order valence-corrected chi connectivity index (χ1v) is 5.92. The molecule has 0 amide bonds. The van der Waals surface area contributed by atoms with E-state index in [0.717, 1.165) is 23.8 Å². The third-order valence-corrected chi connectivity index (χ3v) is 2.91. The molecule has 0 spiro atoms. The lowest BCUT2D eigenvalue weighted by atomic mass is 10.3. The van der Waals surface area contributed by atoms with Gasteiger partial charge in [0.05, 0.1) is 0 Å². The number of nitrogens with zero attached hydrogens (tertiary/aromatic N) is 3. The van der Waals surface area contributed by atoms with Crippen molar-refractivity contribution in [1.29, 1.82) is 5.26 Å². The summed E-state index contributed by atoms with van der Waals surface area (Å²) in [5, 5.41) is 14.8. The van der Waals surface area contributed by atoms with Crippen molar-refractivity contribution in [1.82, 2.24) is 15.2 Å². The lowest BCUT2D eigenvalue weighted by molar-refractivity contribution is 0.410. The summed E-state index contributed by atoms with van der Waals surface area (Å²) in [5.41, 5.74) is 1.55. The number of hydrogen-bond donors (Lipinski definition) is 1. The van der Waals surface area contributed by atoms with Gasteiger partial charge in [-0.05, 0) is 21.0 Å². The molecule has 5 heteroatoms. The van der Waals surface area contributed by atoms with Crippen molar-refractivity contribution >= 4 is 16.9 Å². The fraction of sp³-hybridized carbons (Fsp3) is 0.455. The molecule has 0 bridgehead atoms. The number of thiazole rings is 1. The van der Waals surface area contributed by atoms with E-state index in [9.17, 15) is 0 Å². The first-order chi connectivity index (χ1) is 7.63. The summed E-state index contributed by atoms with van der Waals surface area (Å²) in [6, 6.07) is 2.15. The first kappa shape index (κ1) is 12.7. The highest BCUT2D eigenvalue weighted by atomic mass is 32.1. The van der Waals surface area contributed by atoms with Crippen LogP contribution in [0.5, 0.6) is 0 Å². The highest BCUT2D eigenvalue weighted by molar-refractivity contribution is 7.10. The molecule has 16 heavy (non-hydrogen) atoms. The minimum Gasteiger partial charge on any atom is -0.388 e. The van der Waals surface area contributed by atoms with Crippen LogP contribution in [0, 0.1) is 18.3 Å². The average Bonchev–Trinajstić information content (AvgIpc) is 2.64. The Morgan fingerprint density at radius 3 is 2.94 bits per heavy atom. The molecule has 0 fully saturated rings. The maximum absolute atomic E-state index is 9.00. The van der Waals surface area contributed by atoms with E-state index in [1.165, 1.54) is 11.3 Å². The number of aryl methyl sites for hydroxylation is 1. The van der Waals surface area contributed by atoms with Gasteiger partial charge in [-0.1, -0.05) is 0 Å². The molecule has 86 valence electrons. The molecule has 0 aromatic carbocycles. The Labute approximate surface area is 100 Å². The van der Waals surface area contributed by atoms with Gasteiger partial charge >= 0.3 is 0 Å². The molecule has 1 N–H and O–H groups in total. The molecule has 1 heterocycles. The zero-order chi connectivity index (χ0) is 12.0. The van der Waals surface area contributed by atoms with Crippen LogP contribution in [0.1, 0.15) is 10.7 Å². The van der Waals surface area contributed by atoms with Crippen LogP contribution in [-0.2, 0) is 0 Å². The standard InChI is InChI=1S/C11H16N4S/c1-9-8-16-11(14-9)10(6-12)7-13-4-5-15(2)3/h7-8,13H,4-5H2,1-3H3/b10-7+. The van der Waals surface area contributed by atoms with Crippen LogP contribution in [0.15, 0.2) is 11.6 Å². The van der Waals surface area contributed by atoms with Crippen LogP contribution >= 0.6 is 11.3 Å². The molecule has 1 aromatic heterocycles. The number of allylic oxidation sites excluding steroid dienone is 1. The summed E-state index contributed by atoms with van der Waals surface area (Å²) in [4.78, 5) is 6.36. The minimum absolute atomic E-state index is 0.594. The van der Waals surface area contributed by atoms with Crippen molar-refractivity contribution in [3.8, 4) is 6.07 Å². The Hall–Kier alpha value is -1.38. The van der Waals surface area contributed by atoms with E-state index in [0.29, 0.717) is 5.57 Å². The molecule has 0 saturated carbocycles. The Morgan fingerprint density at radius 2 is 2.44 bits per heavy atom. The van der Waals surface area contributed by atoms with Gasteiger partial charge in [-0.2, -0.15) is 5.26 Å². The predicted molar refractivity (Wildman–Crippen MR) is 67.0 cm³/mol. The van der Waals surface area contributed by atoms with Gasteiger partial charge in [-0.15, -0.1) is 11.3 Å². The Kier molecular flexibility index (Phi) is 4.96. The topological polar surface area (TPSA) is 52.0 Å². The summed E-state index contributed by atoms with van der Waals surface area (Å²) in [6.07, 6.45) is 1.74. The Balaban J connectivity index is 2.55. The highest BCUT2D eigenvalue weighted by Crippen LogP contribution is 2.17. The van der Waals surface area contributed by atoms with Crippen molar-refractivity contribution in [2.24, 2.45) is 0 Å². The minimum atomic E-state index is 0.594. The van der Waals surface area contributed by atoms with Gasteiger partial charge in [0, 0.05) is 30.4 Å². The molecule has 0 saturated heterocycles. The molecular weight excluding hydrogens is 220 g/mol. The smallest absolute Gasteiger partial charge is 0.135 e. The van der Waals surface area contributed by atoms with E-state index in [1.54, 1.807) is 6.20 Å². The maximum Gasteiger partial charge on any atom is 0.135 e. The third-order valence-electron chi connectivity index (χ3n) is 1.92. The lowest BCUT2D eigenvalue weighted by Crippen LogP contribution is -2.23. The summed E-state index contributed by atoms with van der Waals surface area (Å²) in [5.74, 6) is 0. The molecule has 1 aromatic rings. The van der Waals surface area contributed by atoms with Gasteiger partial charge < -0.3 is 10.2 Å². The van der Waals surface area contributed by atoms with E-state index < -0.39 is 0 Å². The van der Waals surface area contributed by atoms with E-state index >= 15 is 0 Å².